The van der Waals surface area contributed by atoms with Gasteiger partial charge >= 0.3 is 0 Å². The van der Waals surface area contributed by atoms with Crippen LogP contribution in [0.3, 0.4) is 0 Å². The SMILES string of the molecule is CCCCC[C@H](C)N1[C@@H](CCNc2ccccc2N)CCC[C@H]1C. The summed E-state index contributed by atoms with van der Waals surface area (Å²) in [6.45, 7) is 8.15. The number of nitrogens with zero attached hydrogens (tertiary/aromatic N) is 1. The van der Waals surface area contributed by atoms with Crippen LogP contribution in [-0.2, 0) is 0 Å². The minimum absolute atomic E-state index is 0.707. The number of benzene rings is 1. The molecule has 136 valence electrons. The van der Waals surface area contributed by atoms with E-state index in [1.807, 2.05) is 18.2 Å². The van der Waals surface area contributed by atoms with Gasteiger partial charge in [-0.15, -0.1) is 0 Å². The highest BCUT2D eigenvalue weighted by molar-refractivity contribution is 5.65. The van der Waals surface area contributed by atoms with Gasteiger partial charge in [0.2, 0.25) is 0 Å². The molecular weight excluding hydrogens is 294 g/mol. The number of hydrogen-bond acceptors (Lipinski definition) is 3. The Balaban J connectivity index is 1.87. The Bertz CT molecular complexity index is 474. The van der Waals surface area contributed by atoms with Crippen LogP contribution in [0.25, 0.3) is 0 Å². The Hall–Kier alpha value is -1.22. The summed E-state index contributed by atoms with van der Waals surface area (Å²) in [6.07, 6.45) is 10.7. The first kappa shape index (κ1) is 19.1. The number of para-hydroxylation sites is 2. The molecule has 0 radical (unpaired) electrons. The minimum Gasteiger partial charge on any atom is -0.397 e. The third-order valence-electron chi connectivity index (χ3n) is 5.58. The van der Waals surface area contributed by atoms with Crippen molar-refractivity contribution in [1.82, 2.24) is 4.90 Å². The highest BCUT2D eigenvalue weighted by atomic mass is 15.2. The molecule has 0 unspecified atom stereocenters. The molecule has 0 bridgehead atoms. The van der Waals surface area contributed by atoms with Gasteiger partial charge in [-0.05, 0) is 51.7 Å². The van der Waals surface area contributed by atoms with Crippen LogP contribution >= 0.6 is 0 Å². The average Bonchev–Trinajstić information content (AvgIpc) is 2.57. The molecule has 1 fully saturated rings. The minimum atomic E-state index is 0.707. The number of nitrogens with two attached hydrogens (primary N) is 1. The first-order chi connectivity index (χ1) is 11.6. The van der Waals surface area contributed by atoms with E-state index in [0.717, 1.165) is 24.0 Å². The van der Waals surface area contributed by atoms with Gasteiger partial charge in [0, 0.05) is 24.7 Å². The predicted molar refractivity (Wildman–Crippen MR) is 107 cm³/mol. The fraction of sp³-hybridized carbons (Fsp3) is 0.714. The number of nitrogen functional groups attached to an aromatic ring is 1. The number of rotatable bonds is 9. The monoisotopic (exact) mass is 331 g/mol. The van der Waals surface area contributed by atoms with Crippen molar-refractivity contribution in [2.75, 3.05) is 17.6 Å². The van der Waals surface area contributed by atoms with E-state index in [9.17, 15) is 0 Å². The summed E-state index contributed by atoms with van der Waals surface area (Å²) in [5.41, 5.74) is 7.95. The van der Waals surface area contributed by atoms with Gasteiger partial charge in [0.1, 0.15) is 0 Å². The van der Waals surface area contributed by atoms with Crippen molar-refractivity contribution in [3.8, 4) is 0 Å². The molecule has 0 aromatic heterocycles. The molecule has 0 spiro atoms. The van der Waals surface area contributed by atoms with Crippen molar-refractivity contribution in [2.24, 2.45) is 0 Å². The van der Waals surface area contributed by atoms with Gasteiger partial charge in [-0.2, -0.15) is 0 Å². The largest absolute Gasteiger partial charge is 0.397 e. The fourth-order valence-electron chi connectivity index (χ4n) is 4.26. The molecule has 3 nitrogen and oxygen atoms in total. The van der Waals surface area contributed by atoms with Gasteiger partial charge in [-0.1, -0.05) is 44.7 Å². The first-order valence-corrected chi connectivity index (χ1v) is 9.99. The summed E-state index contributed by atoms with van der Waals surface area (Å²) in [6, 6.07) is 10.2. The number of unbranched alkanes of at least 4 members (excludes halogenated alkanes) is 2. The topological polar surface area (TPSA) is 41.3 Å². The molecule has 1 saturated heterocycles. The van der Waals surface area contributed by atoms with Crippen molar-refractivity contribution in [3.63, 3.8) is 0 Å². The molecular formula is C21H37N3. The van der Waals surface area contributed by atoms with Crippen LogP contribution in [0.4, 0.5) is 11.4 Å². The van der Waals surface area contributed by atoms with Crippen LogP contribution in [0.15, 0.2) is 24.3 Å². The molecule has 3 N–H and O–H groups in total. The maximum absolute atomic E-state index is 6.03. The number of anilines is 2. The summed E-state index contributed by atoms with van der Waals surface area (Å²) < 4.78 is 0. The van der Waals surface area contributed by atoms with E-state index in [-0.39, 0.29) is 0 Å². The van der Waals surface area contributed by atoms with E-state index < -0.39 is 0 Å². The maximum Gasteiger partial charge on any atom is 0.0573 e. The zero-order valence-electron chi connectivity index (χ0n) is 15.9. The molecule has 1 aliphatic heterocycles. The lowest BCUT2D eigenvalue weighted by Crippen LogP contribution is -2.50. The molecule has 0 amide bonds. The smallest absolute Gasteiger partial charge is 0.0573 e. The quantitative estimate of drug-likeness (QED) is 0.477. The van der Waals surface area contributed by atoms with Gasteiger partial charge in [0.25, 0.3) is 0 Å². The van der Waals surface area contributed by atoms with Gasteiger partial charge in [-0.3, -0.25) is 4.90 Å². The third kappa shape index (κ3) is 5.41. The average molecular weight is 332 g/mol. The highest BCUT2D eigenvalue weighted by Gasteiger charge is 2.30. The second kappa shape index (κ2) is 9.93. The lowest BCUT2D eigenvalue weighted by molar-refractivity contribution is 0.0458. The second-order valence-corrected chi connectivity index (χ2v) is 7.53. The van der Waals surface area contributed by atoms with Crippen LogP contribution in [0.1, 0.15) is 72.1 Å². The molecule has 2 rings (SSSR count). The van der Waals surface area contributed by atoms with Crippen LogP contribution in [0.5, 0.6) is 0 Å². The van der Waals surface area contributed by atoms with Gasteiger partial charge in [0.15, 0.2) is 0 Å². The zero-order valence-corrected chi connectivity index (χ0v) is 15.9. The zero-order chi connectivity index (χ0) is 17.4. The molecule has 3 heteroatoms. The highest BCUT2D eigenvalue weighted by Crippen LogP contribution is 2.29. The Labute approximate surface area is 149 Å². The molecule has 3 atom stereocenters. The van der Waals surface area contributed by atoms with Crippen molar-refractivity contribution in [2.45, 2.75) is 90.3 Å². The predicted octanol–water partition coefficient (Wildman–Crippen LogP) is 5.28. The normalized spacial score (nSPS) is 23.1. The lowest BCUT2D eigenvalue weighted by atomic mass is 9.91. The number of nitrogens with one attached hydrogen (secondary N) is 1. The fourth-order valence-corrected chi connectivity index (χ4v) is 4.26. The summed E-state index contributed by atoms with van der Waals surface area (Å²) in [7, 11) is 0. The van der Waals surface area contributed by atoms with Crippen molar-refractivity contribution < 1.29 is 0 Å². The summed E-state index contributed by atoms with van der Waals surface area (Å²) in [5.74, 6) is 0. The van der Waals surface area contributed by atoms with Crippen LogP contribution < -0.4 is 11.1 Å². The van der Waals surface area contributed by atoms with E-state index >= 15 is 0 Å². The van der Waals surface area contributed by atoms with E-state index in [0.29, 0.717) is 12.1 Å². The summed E-state index contributed by atoms with van der Waals surface area (Å²) in [4.78, 5) is 2.81. The first-order valence-electron chi connectivity index (χ1n) is 9.99. The number of hydrogen-bond donors (Lipinski definition) is 2. The standard InChI is InChI=1S/C21H37N3/c1-4-5-6-10-17(2)24-18(3)11-9-12-19(24)15-16-23-21-14-8-7-13-20(21)22/h7-8,13-14,17-19,23H,4-6,9-12,15-16,22H2,1-3H3/t17-,18+,19+/m0/s1. The van der Waals surface area contributed by atoms with E-state index in [2.05, 4.69) is 37.1 Å². The Kier molecular flexibility index (Phi) is 7.90. The number of piperidine rings is 1. The molecule has 24 heavy (non-hydrogen) atoms. The Morgan fingerprint density at radius 2 is 2.04 bits per heavy atom. The van der Waals surface area contributed by atoms with E-state index in [1.165, 1.54) is 51.4 Å². The van der Waals surface area contributed by atoms with Gasteiger partial charge < -0.3 is 11.1 Å². The molecule has 1 aromatic carbocycles. The van der Waals surface area contributed by atoms with Crippen LogP contribution in [0.2, 0.25) is 0 Å². The van der Waals surface area contributed by atoms with E-state index in [1.54, 1.807) is 0 Å². The molecule has 1 aliphatic rings. The van der Waals surface area contributed by atoms with Crippen molar-refractivity contribution in [1.29, 1.82) is 0 Å². The second-order valence-electron chi connectivity index (χ2n) is 7.53. The summed E-state index contributed by atoms with van der Waals surface area (Å²) >= 11 is 0. The number of likely N-dealkylation sites (tertiary alicyclic amines) is 1. The Morgan fingerprint density at radius 1 is 1.25 bits per heavy atom. The van der Waals surface area contributed by atoms with Gasteiger partial charge in [0.05, 0.1) is 11.4 Å². The molecule has 0 saturated carbocycles. The summed E-state index contributed by atoms with van der Waals surface area (Å²) in [5, 5.41) is 3.54. The molecule has 1 heterocycles. The third-order valence-corrected chi connectivity index (χ3v) is 5.58. The molecule has 0 aliphatic carbocycles. The molecule has 1 aromatic rings. The van der Waals surface area contributed by atoms with Crippen molar-refractivity contribution in [3.05, 3.63) is 24.3 Å². The van der Waals surface area contributed by atoms with Gasteiger partial charge in [-0.25, -0.2) is 0 Å². The van der Waals surface area contributed by atoms with E-state index in [4.69, 9.17) is 5.73 Å². The maximum atomic E-state index is 6.03. The Morgan fingerprint density at radius 3 is 2.79 bits per heavy atom. The van der Waals surface area contributed by atoms with Crippen LogP contribution in [-0.4, -0.2) is 29.6 Å². The van der Waals surface area contributed by atoms with Crippen LogP contribution in [0, 0.1) is 0 Å². The lowest BCUT2D eigenvalue weighted by Gasteiger charge is -2.45. The van der Waals surface area contributed by atoms with Crippen molar-refractivity contribution >= 4 is 11.4 Å².